The van der Waals surface area contributed by atoms with Crippen LogP contribution in [0.1, 0.15) is 303 Å². The van der Waals surface area contributed by atoms with Crippen molar-refractivity contribution in [3.05, 3.63) is 60.8 Å². The van der Waals surface area contributed by atoms with Crippen LogP contribution >= 0.6 is 0 Å². The summed E-state index contributed by atoms with van der Waals surface area (Å²) >= 11 is 0. The summed E-state index contributed by atoms with van der Waals surface area (Å²) in [5, 5.41) is 0. The van der Waals surface area contributed by atoms with Crippen molar-refractivity contribution in [1.29, 1.82) is 0 Å². The second kappa shape index (κ2) is 57.7. The average Bonchev–Trinajstić information content (AvgIpc) is 3.35. The van der Waals surface area contributed by atoms with E-state index >= 15 is 0 Å². The summed E-state index contributed by atoms with van der Waals surface area (Å²) in [6.07, 6.45) is 72.2. The molecule has 1 atom stereocenters. The molecule has 69 heavy (non-hydrogen) atoms. The van der Waals surface area contributed by atoms with Crippen LogP contribution in [-0.4, -0.2) is 37.2 Å². The lowest BCUT2D eigenvalue weighted by molar-refractivity contribution is -0.167. The monoisotopic (exact) mass is 965 g/mol. The molecule has 0 heterocycles. The highest BCUT2D eigenvalue weighted by Crippen LogP contribution is 2.17. The Labute approximate surface area is 428 Å². The Morgan fingerprint density at radius 3 is 0.884 bits per heavy atom. The van der Waals surface area contributed by atoms with Gasteiger partial charge < -0.3 is 14.2 Å². The largest absolute Gasteiger partial charge is 0.462 e. The van der Waals surface area contributed by atoms with E-state index in [0.717, 1.165) is 96.3 Å². The number of unbranched alkanes of at least 4 members (excludes halogenated alkanes) is 33. The van der Waals surface area contributed by atoms with Gasteiger partial charge in [0.05, 0.1) is 0 Å². The number of allylic oxidation sites excluding steroid dienone is 10. The van der Waals surface area contributed by atoms with Crippen molar-refractivity contribution in [3.63, 3.8) is 0 Å². The van der Waals surface area contributed by atoms with Crippen LogP contribution in [0.5, 0.6) is 0 Å². The second-order valence-electron chi connectivity index (χ2n) is 19.9. The molecule has 0 aliphatic heterocycles. The van der Waals surface area contributed by atoms with Crippen LogP contribution in [0.25, 0.3) is 0 Å². The minimum absolute atomic E-state index is 0.0837. The van der Waals surface area contributed by atoms with Gasteiger partial charge in [0.2, 0.25) is 0 Å². The van der Waals surface area contributed by atoms with E-state index in [0.29, 0.717) is 19.3 Å². The van der Waals surface area contributed by atoms with Gasteiger partial charge in [-0.05, 0) is 64.2 Å². The standard InChI is InChI=1S/C63H112O6/c1-4-7-10-13-16-19-22-24-26-28-30-31-33-34-36-38-41-44-47-50-53-56-62(65)68-59-60(58-67-61(64)55-52-49-46-43-40-21-18-15-12-9-6-3)69-63(66)57-54-51-48-45-42-39-37-35-32-29-27-25-23-20-17-14-11-8-5-2/h8,11,17,20,25,27,32,35,39,42,60H,4-7,9-10,12-16,18-19,21-24,26,28-31,33-34,36-38,40-41,43-59H2,1-3H3/b11-8-,20-17-,27-25-,35-32-,42-39-. The molecule has 0 aliphatic rings. The van der Waals surface area contributed by atoms with Gasteiger partial charge in [-0.15, -0.1) is 0 Å². The molecule has 0 aliphatic carbocycles. The van der Waals surface area contributed by atoms with Crippen molar-refractivity contribution < 1.29 is 28.6 Å². The summed E-state index contributed by atoms with van der Waals surface area (Å²) in [7, 11) is 0. The quantitative estimate of drug-likeness (QED) is 0.0262. The molecule has 400 valence electrons. The van der Waals surface area contributed by atoms with Crippen LogP contribution < -0.4 is 0 Å². The Bertz CT molecular complexity index is 1250. The Hall–Kier alpha value is -2.89. The van der Waals surface area contributed by atoms with Crippen molar-refractivity contribution in [2.45, 2.75) is 309 Å². The number of esters is 3. The molecule has 6 nitrogen and oxygen atoms in total. The lowest BCUT2D eigenvalue weighted by atomic mass is 10.0. The zero-order valence-electron chi connectivity index (χ0n) is 45.8. The van der Waals surface area contributed by atoms with Gasteiger partial charge in [-0.2, -0.15) is 0 Å². The Morgan fingerprint density at radius 2 is 0.565 bits per heavy atom. The number of hydrogen-bond acceptors (Lipinski definition) is 6. The Kier molecular flexibility index (Phi) is 55.3. The lowest BCUT2D eigenvalue weighted by Crippen LogP contribution is -2.30. The molecule has 0 fully saturated rings. The summed E-state index contributed by atoms with van der Waals surface area (Å²) in [6, 6.07) is 0. The van der Waals surface area contributed by atoms with Crippen molar-refractivity contribution in [2.24, 2.45) is 0 Å². The molecule has 0 amide bonds. The average molecular weight is 966 g/mol. The molecule has 0 aromatic heterocycles. The molecule has 0 spiro atoms. The third kappa shape index (κ3) is 55.9. The molecule has 0 saturated heterocycles. The van der Waals surface area contributed by atoms with Crippen LogP contribution in [0.4, 0.5) is 0 Å². The first-order valence-electron chi connectivity index (χ1n) is 29.8. The molecule has 0 saturated carbocycles. The van der Waals surface area contributed by atoms with E-state index in [1.165, 1.54) is 167 Å². The number of carbonyl (C=O) groups excluding carboxylic acids is 3. The fraction of sp³-hybridized carbons (Fsp3) is 0.794. The van der Waals surface area contributed by atoms with E-state index in [4.69, 9.17) is 14.2 Å². The molecule has 0 radical (unpaired) electrons. The van der Waals surface area contributed by atoms with Crippen molar-refractivity contribution in [1.82, 2.24) is 0 Å². The van der Waals surface area contributed by atoms with E-state index in [9.17, 15) is 14.4 Å². The topological polar surface area (TPSA) is 78.9 Å². The number of rotatable bonds is 54. The minimum Gasteiger partial charge on any atom is -0.462 e. The fourth-order valence-electron chi connectivity index (χ4n) is 8.59. The molecular formula is C63H112O6. The SMILES string of the molecule is CC/C=C\C/C=C\C/C=C\C/C=C\C/C=C\CCCCCC(=O)OC(COC(=O)CCCCCCCCCCCCC)COC(=O)CCCCCCCCCCCCCCCCCCCCCCC. The molecule has 0 aromatic rings. The van der Waals surface area contributed by atoms with Crippen LogP contribution in [-0.2, 0) is 28.6 Å². The van der Waals surface area contributed by atoms with E-state index in [1.54, 1.807) is 0 Å². The fourth-order valence-corrected chi connectivity index (χ4v) is 8.59. The first kappa shape index (κ1) is 66.1. The van der Waals surface area contributed by atoms with E-state index in [2.05, 4.69) is 81.5 Å². The number of hydrogen-bond donors (Lipinski definition) is 0. The van der Waals surface area contributed by atoms with Crippen molar-refractivity contribution in [3.8, 4) is 0 Å². The van der Waals surface area contributed by atoms with Gasteiger partial charge in [0.15, 0.2) is 6.10 Å². The van der Waals surface area contributed by atoms with Gasteiger partial charge in [-0.25, -0.2) is 0 Å². The minimum atomic E-state index is -0.788. The third-order valence-corrected chi connectivity index (χ3v) is 13.0. The molecular weight excluding hydrogens is 853 g/mol. The normalized spacial score (nSPS) is 12.4. The van der Waals surface area contributed by atoms with Gasteiger partial charge >= 0.3 is 17.9 Å². The molecule has 0 bridgehead atoms. The van der Waals surface area contributed by atoms with Gasteiger partial charge in [-0.1, -0.05) is 281 Å². The first-order chi connectivity index (χ1) is 34.0. The smallest absolute Gasteiger partial charge is 0.306 e. The molecule has 6 heteroatoms. The zero-order chi connectivity index (χ0) is 50.0. The van der Waals surface area contributed by atoms with E-state index in [1.807, 2.05) is 0 Å². The molecule has 0 aromatic carbocycles. The van der Waals surface area contributed by atoms with E-state index in [-0.39, 0.29) is 31.1 Å². The van der Waals surface area contributed by atoms with Crippen molar-refractivity contribution >= 4 is 17.9 Å². The molecule has 0 N–H and O–H groups in total. The summed E-state index contributed by atoms with van der Waals surface area (Å²) in [5.41, 5.74) is 0. The summed E-state index contributed by atoms with van der Waals surface area (Å²) < 4.78 is 16.9. The first-order valence-corrected chi connectivity index (χ1v) is 29.8. The highest BCUT2D eigenvalue weighted by Gasteiger charge is 2.19. The van der Waals surface area contributed by atoms with E-state index < -0.39 is 6.10 Å². The molecule has 0 rings (SSSR count). The van der Waals surface area contributed by atoms with Crippen molar-refractivity contribution in [2.75, 3.05) is 13.2 Å². The third-order valence-electron chi connectivity index (χ3n) is 13.0. The molecule has 1 unspecified atom stereocenters. The predicted molar refractivity (Wildman–Crippen MR) is 298 cm³/mol. The second-order valence-corrected chi connectivity index (χ2v) is 19.9. The van der Waals surface area contributed by atoms with Gasteiger partial charge in [0.25, 0.3) is 0 Å². The number of ether oxygens (including phenoxy) is 3. The lowest BCUT2D eigenvalue weighted by Gasteiger charge is -2.18. The summed E-state index contributed by atoms with van der Waals surface area (Å²) in [6.45, 7) is 6.53. The maximum Gasteiger partial charge on any atom is 0.306 e. The highest BCUT2D eigenvalue weighted by atomic mass is 16.6. The highest BCUT2D eigenvalue weighted by molar-refractivity contribution is 5.71. The Balaban J connectivity index is 4.33. The van der Waals surface area contributed by atoms with Crippen LogP contribution in [0.2, 0.25) is 0 Å². The van der Waals surface area contributed by atoms with Crippen LogP contribution in [0.15, 0.2) is 60.8 Å². The number of carbonyl (C=O) groups is 3. The van der Waals surface area contributed by atoms with Crippen LogP contribution in [0.3, 0.4) is 0 Å². The summed E-state index contributed by atoms with van der Waals surface area (Å²) in [5.74, 6) is -0.902. The van der Waals surface area contributed by atoms with Gasteiger partial charge in [-0.3, -0.25) is 14.4 Å². The summed E-state index contributed by atoms with van der Waals surface area (Å²) in [4.78, 5) is 38.1. The maximum absolute atomic E-state index is 12.8. The van der Waals surface area contributed by atoms with Gasteiger partial charge in [0.1, 0.15) is 13.2 Å². The Morgan fingerprint density at radius 1 is 0.304 bits per heavy atom. The van der Waals surface area contributed by atoms with Gasteiger partial charge in [0, 0.05) is 19.3 Å². The predicted octanol–water partition coefficient (Wildman–Crippen LogP) is 20.0. The van der Waals surface area contributed by atoms with Crippen LogP contribution in [0, 0.1) is 0 Å². The zero-order valence-corrected chi connectivity index (χ0v) is 45.8. The maximum atomic E-state index is 12.8.